The van der Waals surface area contributed by atoms with Gasteiger partial charge in [-0.05, 0) is 49.8 Å². The second-order valence-electron chi connectivity index (χ2n) is 10.2. The van der Waals surface area contributed by atoms with Gasteiger partial charge in [0.05, 0.1) is 32.1 Å². The lowest BCUT2D eigenvalue weighted by Crippen LogP contribution is -2.47. The molecule has 3 aliphatic rings. The largest absolute Gasteiger partial charge is 0.496 e. The number of morpholine rings is 1. The van der Waals surface area contributed by atoms with Crippen molar-refractivity contribution in [3.05, 3.63) is 46.3 Å². The molecule has 0 bridgehead atoms. The molecule has 1 amide bonds. The van der Waals surface area contributed by atoms with Crippen LogP contribution >= 0.6 is 0 Å². The summed E-state index contributed by atoms with van der Waals surface area (Å²) in [6, 6.07) is 5.54. The van der Waals surface area contributed by atoms with E-state index >= 15 is 0 Å². The number of methoxy groups -OCH3 is 1. The number of carbonyl (C=O) groups is 1. The molecule has 2 aliphatic heterocycles. The van der Waals surface area contributed by atoms with Gasteiger partial charge in [-0.15, -0.1) is 0 Å². The highest BCUT2D eigenvalue weighted by Crippen LogP contribution is 2.43. The Morgan fingerprint density at radius 1 is 1.19 bits per heavy atom. The van der Waals surface area contributed by atoms with E-state index in [1.54, 1.807) is 12.0 Å². The van der Waals surface area contributed by atoms with Crippen molar-refractivity contribution in [2.45, 2.75) is 70.3 Å². The van der Waals surface area contributed by atoms with E-state index in [4.69, 9.17) is 9.47 Å². The van der Waals surface area contributed by atoms with Crippen LogP contribution in [0.15, 0.2) is 18.2 Å². The molecule has 3 atom stereocenters. The maximum absolute atomic E-state index is 14.2. The van der Waals surface area contributed by atoms with Crippen LogP contribution in [-0.2, 0) is 28.7 Å². The van der Waals surface area contributed by atoms with Gasteiger partial charge in [-0.3, -0.25) is 14.4 Å². The summed E-state index contributed by atoms with van der Waals surface area (Å²) in [5, 5.41) is 4.37. The van der Waals surface area contributed by atoms with Crippen LogP contribution in [0.1, 0.15) is 66.2 Å². The molecule has 0 N–H and O–H groups in total. The molecule has 1 aromatic heterocycles. The first-order chi connectivity index (χ1) is 17.7. The second kappa shape index (κ2) is 10.3. The lowest BCUT2D eigenvalue weighted by atomic mass is 9.94. The minimum absolute atomic E-state index is 0.0112. The standard InChI is InChI=1S/C27H35F3N4O3/c1-4-18-8-9-20-24(18)31-34(26(20)27(28,29)30)16-23(35)33-11-10-21(32-12-14-37-15-13-32)25(33)19-6-5-7-22(36-3)17(19)2/h5-7,18,21,25H,4,8-16H2,1-3H3/t18-,21-,25-/m1/s1. The number of amides is 1. The van der Waals surface area contributed by atoms with Crippen LogP contribution in [0.5, 0.6) is 5.75 Å². The van der Waals surface area contributed by atoms with E-state index in [1.165, 1.54) is 0 Å². The van der Waals surface area contributed by atoms with Crippen LogP contribution in [0.4, 0.5) is 13.2 Å². The molecule has 202 valence electrons. The Balaban J connectivity index is 1.49. The molecule has 37 heavy (non-hydrogen) atoms. The van der Waals surface area contributed by atoms with Gasteiger partial charge in [0, 0.05) is 37.2 Å². The third-order valence-electron chi connectivity index (χ3n) is 8.32. The number of nitrogens with zero attached hydrogens (tertiary/aromatic N) is 4. The highest BCUT2D eigenvalue weighted by Gasteiger charge is 2.45. The number of rotatable bonds is 6. The number of halogens is 3. The lowest BCUT2D eigenvalue weighted by molar-refractivity contribution is -0.146. The van der Waals surface area contributed by atoms with Gasteiger partial charge in [0.1, 0.15) is 18.0 Å². The normalized spacial score (nSPS) is 24.5. The Kier molecular flexibility index (Phi) is 7.24. The average molecular weight is 521 g/mol. The van der Waals surface area contributed by atoms with Crippen LogP contribution in [-0.4, -0.2) is 71.5 Å². The molecule has 0 unspecified atom stereocenters. The number of alkyl halides is 3. The summed E-state index contributed by atoms with van der Waals surface area (Å²) in [4.78, 5) is 17.9. The van der Waals surface area contributed by atoms with Crippen LogP contribution in [0, 0.1) is 6.92 Å². The fourth-order valence-electron chi connectivity index (χ4n) is 6.49. The second-order valence-corrected chi connectivity index (χ2v) is 10.2. The van der Waals surface area contributed by atoms with Gasteiger partial charge >= 0.3 is 6.18 Å². The van der Waals surface area contributed by atoms with Crippen molar-refractivity contribution >= 4 is 5.91 Å². The van der Waals surface area contributed by atoms with Gasteiger partial charge in [-0.25, -0.2) is 0 Å². The smallest absolute Gasteiger partial charge is 0.433 e. The van der Waals surface area contributed by atoms with Crippen molar-refractivity contribution in [2.75, 3.05) is 40.0 Å². The van der Waals surface area contributed by atoms with Crippen LogP contribution < -0.4 is 4.74 Å². The molecule has 2 fully saturated rings. The van der Waals surface area contributed by atoms with Crippen molar-refractivity contribution in [1.29, 1.82) is 0 Å². The summed E-state index contributed by atoms with van der Waals surface area (Å²) in [6.45, 7) is 6.75. The minimum atomic E-state index is -4.56. The minimum Gasteiger partial charge on any atom is -0.496 e. The van der Waals surface area contributed by atoms with Crippen molar-refractivity contribution in [1.82, 2.24) is 19.6 Å². The number of carbonyl (C=O) groups excluding carboxylic acids is 1. The summed E-state index contributed by atoms with van der Waals surface area (Å²) in [6.07, 6.45) is -2.05. The lowest BCUT2D eigenvalue weighted by Gasteiger charge is -2.38. The van der Waals surface area contributed by atoms with Crippen LogP contribution in [0.3, 0.4) is 0 Å². The molecule has 10 heteroatoms. The number of hydrogen-bond donors (Lipinski definition) is 0. The number of benzene rings is 1. The first-order valence-electron chi connectivity index (χ1n) is 13.2. The molecule has 0 spiro atoms. The summed E-state index contributed by atoms with van der Waals surface area (Å²) < 4.78 is 54.5. The monoisotopic (exact) mass is 520 g/mol. The van der Waals surface area contributed by atoms with E-state index < -0.39 is 18.4 Å². The molecule has 2 saturated heterocycles. The number of hydrogen-bond acceptors (Lipinski definition) is 5. The van der Waals surface area contributed by atoms with E-state index in [-0.39, 0.29) is 29.5 Å². The Morgan fingerprint density at radius 2 is 1.95 bits per heavy atom. The Bertz CT molecular complexity index is 1140. The predicted octanol–water partition coefficient (Wildman–Crippen LogP) is 4.33. The van der Waals surface area contributed by atoms with Crippen molar-refractivity contribution in [3.63, 3.8) is 0 Å². The molecule has 1 aromatic carbocycles. The summed E-state index contributed by atoms with van der Waals surface area (Å²) in [7, 11) is 1.61. The summed E-state index contributed by atoms with van der Waals surface area (Å²) >= 11 is 0. The Morgan fingerprint density at radius 3 is 2.62 bits per heavy atom. The van der Waals surface area contributed by atoms with E-state index in [0.717, 1.165) is 47.5 Å². The van der Waals surface area contributed by atoms with Gasteiger partial charge in [0.2, 0.25) is 5.91 Å². The zero-order chi connectivity index (χ0) is 26.3. The number of fused-ring (bicyclic) bond motifs is 1. The highest BCUT2D eigenvalue weighted by molar-refractivity contribution is 5.77. The third-order valence-corrected chi connectivity index (χ3v) is 8.32. The Labute approximate surface area is 215 Å². The SMILES string of the molecule is CC[C@@H]1CCc2c1nn(CC(=O)N1CC[C@@H](N3CCOCC3)[C@H]1c1cccc(OC)c1C)c2C(F)(F)F. The fourth-order valence-corrected chi connectivity index (χ4v) is 6.49. The first-order valence-corrected chi connectivity index (χ1v) is 13.2. The van der Waals surface area contributed by atoms with Gasteiger partial charge in [-0.1, -0.05) is 19.1 Å². The fraction of sp³-hybridized carbons (Fsp3) is 0.630. The van der Waals surface area contributed by atoms with Gasteiger partial charge < -0.3 is 14.4 Å². The van der Waals surface area contributed by atoms with Crippen molar-refractivity contribution in [2.24, 2.45) is 0 Å². The molecule has 2 aromatic rings. The zero-order valence-electron chi connectivity index (χ0n) is 21.7. The summed E-state index contributed by atoms with van der Waals surface area (Å²) in [5.41, 5.74) is 1.92. The molecule has 3 heterocycles. The zero-order valence-corrected chi connectivity index (χ0v) is 21.7. The molecule has 7 nitrogen and oxygen atoms in total. The first kappa shape index (κ1) is 26.0. The molecular formula is C27H35F3N4O3. The molecule has 5 rings (SSSR count). The molecule has 0 radical (unpaired) electrons. The van der Waals surface area contributed by atoms with Crippen LogP contribution in [0.25, 0.3) is 0 Å². The molecular weight excluding hydrogens is 485 g/mol. The van der Waals surface area contributed by atoms with Crippen molar-refractivity contribution < 1.29 is 27.4 Å². The Hall–Kier alpha value is -2.59. The number of aromatic nitrogens is 2. The van der Waals surface area contributed by atoms with Crippen molar-refractivity contribution in [3.8, 4) is 5.75 Å². The number of likely N-dealkylation sites (tertiary alicyclic amines) is 1. The maximum Gasteiger partial charge on any atom is 0.433 e. The predicted molar refractivity (Wildman–Crippen MR) is 132 cm³/mol. The average Bonchev–Trinajstić information content (AvgIpc) is 3.57. The maximum atomic E-state index is 14.2. The van der Waals surface area contributed by atoms with E-state index in [1.807, 2.05) is 32.0 Å². The van der Waals surface area contributed by atoms with Crippen LogP contribution in [0.2, 0.25) is 0 Å². The quantitative estimate of drug-likeness (QED) is 0.568. The van der Waals surface area contributed by atoms with Gasteiger partial charge in [0.25, 0.3) is 0 Å². The molecule has 0 saturated carbocycles. The van der Waals surface area contributed by atoms with E-state index in [9.17, 15) is 18.0 Å². The van der Waals surface area contributed by atoms with Gasteiger partial charge in [0.15, 0.2) is 0 Å². The highest BCUT2D eigenvalue weighted by atomic mass is 19.4. The van der Waals surface area contributed by atoms with E-state index in [2.05, 4.69) is 10.00 Å². The number of ether oxygens (including phenoxy) is 2. The molecule has 1 aliphatic carbocycles. The topological polar surface area (TPSA) is 59.8 Å². The van der Waals surface area contributed by atoms with E-state index in [0.29, 0.717) is 38.3 Å². The third kappa shape index (κ3) is 4.74. The van der Waals surface area contributed by atoms with Gasteiger partial charge in [-0.2, -0.15) is 18.3 Å². The summed E-state index contributed by atoms with van der Waals surface area (Å²) in [5.74, 6) is 0.394.